The SMILES string of the molecule is C[N+](C)(Cc1ccc(C(=O)c2ccccc2)cc1)c1ccccc1.[Br-]. The van der Waals surface area contributed by atoms with Crippen LogP contribution in [0.4, 0.5) is 5.69 Å². The van der Waals surface area contributed by atoms with E-state index in [0.717, 1.165) is 22.2 Å². The number of quaternary nitrogens is 1. The zero-order chi connectivity index (χ0) is 17.0. The predicted octanol–water partition coefficient (Wildman–Crippen LogP) is 1.69. The number of hydrogen-bond donors (Lipinski definition) is 0. The number of carbonyl (C=O) groups excluding carboxylic acids is 1. The maximum Gasteiger partial charge on any atom is 0.193 e. The zero-order valence-electron chi connectivity index (χ0n) is 14.5. The lowest BCUT2D eigenvalue weighted by Crippen LogP contribution is -3.00. The van der Waals surface area contributed by atoms with Crippen molar-refractivity contribution < 1.29 is 21.8 Å². The van der Waals surface area contributed by atoms with Crippen LogP contribution < -0.4 is 21.5 Å². The summed E-state index contributed by atoms with van der Waals surface area (Å²) in [5, 5.41) is 0. The molecule has 0 radical (unpaired) electrons. The molecule has 0 N–H and O–H groups in total. The van der Waals surface area contributed by atoms with Crippen molar-refractivity contribution in [2.45, 2.75) is 6.54 Å². The summed E-state index contributed by atoms with van der Waals surface area (Å²) in [6.07, 6.45) is 0. The van der Waals surface area contributed by atoms with Crippen molar-refractivity contribution in [1.82, 2.24) is 4.48 Å². The van der Waals surface area contributed by atoms with Gasteiger partial charge in [-0.25, -0.2) is 0 Å². The van der Waals surface area contributed by atoms with E-state index in [1.165, 1.54) is 11.3 Å². The van der Waals surface area contributed by atoms with Crippen LogP contribution in [0.2, 0.25) is 0 Å². The van der Waals surface area contributed by atoms with Gasteiger partial charge in [0, 0.05) is 16.7 Å². The van der Waals surface area contributed by atoms with Crippen molar-refractivity contribution in [1.29, 1.82) is 0 Å². The van der Waals surface area contributed by atoms with Crippen LogP contribution in [-0.2, 0) is 6.54 Å². The fraction of sp³-hybridized carbons (Fsp3) is 0.136. The second-order valence-corrected chi connectivity index (χ2v) is 6.57. The Bertz CT molecular complexity index is 812. The molecule has 0 aliphatic rings. The van der Waals surface area contributed by atoms with Gasteiger partial charge in [0.2, 0.25) is 0 Å². The van der Waals surface area contributed by atoms with Crippen LogP contribution in [-0.4, -0.2) is 19.9 Å². The van der Waals surface area contributed by atoms with Gasteiger partial charge in [-0.3, -0.25) is 9.28 Å². The highest BCUT2D eigenvalue weighted by Crippen LogP contribution is 2.22. The minimum absolute atomic E-state index is 0. The maximum absolute atomic E-state index is 12.5. The quantitative estimate of drug-likeness (QED) is 0.474. The second kappa shape index (κ2) is 8.24. The Labute approximate surface area is 160 Å². The Morgan fingerprint density at radius 2 is 1.20 bits per heavy atom. The lowest BCUT2D eigenvalue weighted by molar-refractivity contribution is -0.0000123. The van der Waals surface area contributed by atoms with E-state index in [1.54, 1.807) is 0 Å². The van der Waals surface area contributed by atoms with Gasteiger partial charge < -0.3 is 17.0 Å². The molecule has 0 unspecified atom stereocenters. The molecule has 0 amide bonds. The first-order valence-electron chi connectivity index (χ1n) is 8.13. The van der Waals surface area contributed by atoms with Gasteiger partial charge in [0.25, 0.3) is 0 Å². The molecule has 25 heavy (non-hydrogen) atoms. The Morgan fingerprint density at radius 3 is 1.76 bits per heavy atom. The normalized spacial score (nSPS) is 10.8. The van der Waals surface area contributed by atoms with Crippen LogP contribution in [0, 0.1) is 0 Å². The molecular formula is C22H22BrNO. The Kier molecular flexibility index (Phi) is 6.29. The van der Waals surface area contributed by atoms with Crippen molar-refractivity contribution in [2.24, 2.45) is 0 Å². The molecule has 0 bridgehead atoms. The summed E-state index contributed by atoms with van der Waals surface area (Å²) < 4.78 is 0.771. The second-order valence-electron chi connectivity index (χ2n) is 6.57. The molecule has 0 aliphatic carbocycles. The Morgan fingerprint density at radius 1 is 0.720 bits per heavy atom. The molecule has 0 aliphatic heterocycles. The van der Waals surface area contributed by atoms with Gasteiger partial charge in [0.1, 0.15) is 12.2 Å². The number of rotatable bonds is 5. The molecule has 3 aromatic carbocycles. The van der Waals surface area contributed by atoms with Gasteiger partial charge in [-0.1, -0.05) is 72.8 Å². The molecule has 2 nitrogen and oxygen atoms in total. The molecule has 0 spiro atoms. The molecule has 3 heteroatoms. The first-order valence-corrected chi connectivity index (χ1v) is 8.13. The van der Waals surface area contributed by atoms with Crippen LogP contribution in [0.3, 0.4) is 0 Å². The van der Waals surface area contributed by atoms with E-state index in [-0.39, 0.29) is 22.8 Å². The number of para-hydroxylation sites is 1. The lowest BCUT2D eigenvalue weighted by Gasteiger charge is -2.29. The van der Waals surface area contributed by atoms with Gasteiger partial charge in [0.15, 0.2) is 5.78 Å². The first kappa shape index (κ1) is 19.1. The number of hydrogen-bond acceptors (Lipinski definition) is 1. The Hall–Kier alpha value is -2.23. The van der Waals surface area contributed by atoms with Crippen molar-refractivity contribution in [3.05, 3.63) is 102 Å². The van der Waals surface area contributed by atoms with E-state index in [2.05, 4.69) is 50.5 Å². The first-order chi connectivity index (χ1) is 11.6. The number of halogens is 1. The largest absolute Gasteiger partial charge is 1.00 e. The molecule has 3 aromatic rings. The van der Waals surface area contributed by atoms with Crippen molar-refractivity contribution >= 4 is 11.5 Å². The summed E-state index contributed by atoms with van der Waals surface area (Å²) in [6.45, 7) is 0.879. The van der Waals surface area contributed by atoms with Crippen molar-refractivity contribution in [3.8, 4) is 0 Å². The summed E-state index contributed by atoms with van der Waals surface area (Å²) in [5.41, 5.74) is 3.94. The van der Waals surface area contributed by atoms with E-state index in [9.17, 15) is 4.79 Å². The summed E-state index contributed by atoms with van der Waals surface area (Å²) in [5.74, 6) is 0.0685. The summed E-state index contributed by atoms with van der Waals surface area (Å²) in [4.78, 5) is 12.5. The van der Waals surface area contributed by atoms with Crippen LogP contribution >= 0.6 is 0 Å². The van der Waals surface area contributed by atoms with E-state index < -0.39 is 0 Å². The molecule has 0 aromatic heterocycles. The minimum Gasteiger partial charge on any atom is -1.00 e. The third-order valence-corrected chi connectivity index (χ3v) is 4.29. The number of benzene rings is 3. The van der Waals surface area contributed by atoms with Gasteiger partial charge >= 0.3 is 0 Å². The van der Waals surface area contributed by atoms with Crippen LogP contribution in [0.1, 0.15) is 21.5 Å². The summed E-state index contributed by atoms with van der Waals surface area (Å²) in [7, 11) is 4.39. The molecule has 0 atom stereocenters. The zero-order valence-corrected chi connectivity index (χ0v) is 16.1. The van der Waals surface area contributed by atoms with Gasteiger partial charge in [0.05, 0.1) is 14.1 Å². The number of ketones is 1. The lowest BCUT2D eigenvalue weighted by atomic mass is 10.0. The molecule has 0 saturated carbocycles. The average Bonchev–Trinajstić information content (AvgIpc) is 2.63. The van der Waals surface area contributed by atoms with Crippen LogP contribution in [0.25, 0.3) is 0 Å². The third-order valence-electron chi connectivity index (χ3n) is 4.29. The fourth-order valence-electron chi connectivity index (χ4n) is 2.90. The molecule has 128 valence electrons. The van der Waals surface area contributed by atoms with E-state index in [0.29, 0.717) is 0 Å². The third kappa shape index (κ3) is 4.65. The van der Waals surface area contributed by atoms with E-state index in [4.69, 9.17) is 0 Å². The highest BCUT2D eigenvalue weighted by atomic mass is 79.9. The number of carbonyl (C=O) groups is 1. The summed E-state index contributed by atoms with van der Waals surface area (Å²) in [6, 6.07) is 27.8. The number of nitrogens with zero attached hydrogens (tertiary/aromatic N) is 1. The van der Waals surface area contributed by atoms with Crippen LogP contribution in [0.5, 0.6) is 0 Å². The highest BCUT2D eigenvalue weighted by molar-refractivity contribution is 6.08. The highest BCUT2D eigenvalue weighted by Gasteiger charge is 2.19. The minimum atomic E-state index is 0. The maximum atomic E-state index is 12.5. The van der Waals surface area contributed by atoms with Gasteiger partial charge in [-0.2, -0.15) is 0 Å². The van der Waals surface area contributed by atoms with E-state index >= 15 is 0 Å². The van der Waals surface area contributed by atoms with Gasteiger partial charge in [-0.05, 0) is 12.1 Å². The smallest absolute Gasteiger partial charge is 0.193 e. The van der Waals surface area contributed by atoms with Crippen LogP contribution in [0.15, 0.2) is 84.9 Å². The Balaban J connectivity index is 0.00000225. The fourth-order valence-corrected chi connectivity index (χ4v) is 2.90. The predicted molar refractivity (Wildman–Crippen MR) is 100 cm³/mol. The van der Waals surface area contributed by atoms with Crippen molar-refractivity contribution in [2.75, 3.05) is 14.1 Å². The van der Waals surface area contributed by atoms with E-state index in [1.807, 2.05) is 48.5 Å². The topological polar surface area (TPSA) is 17.1 Å². The molecule has 3 rings (SSSR count). The molecule has 0 heterocycles. The monoisotopic (exact) mass is 395 g/mol. The summed E-state index contributed by atoms with van der Waals surface area (Å²) >= 11 is 0. The van der Waals surface area contributed by atoms with Gasteiger partial charge in [-0.15, -0.1) is 0 Å². The molecule has 0 saturated heterocycles. The molecular weight excluding hydrogens is 374 g/mol. The van der Waals surface area contributed by atoms with Crippen molar-refractivity contribution in [3.63, 3.8) is 0 Å². The average molecular weight is 396 g/mol. The molecule has 0 fully saturated rings. The standard InChI is InChI=1S/C22H22NO.BrH/c1-23(2,21-11-7-4-8-12-21)17-18-13-15-20(16-14-18)22(24)19-9-5-3-6-10-19;/h3-16H,17H2,1-2H3;1H/q+1;/p-1.